The van der Waals surface area contributed by atoms with E-state index in [0.717, 1.165) is 0 Å². The molecule has 0 saturated heterocycles. The first-order valence-electron chi connectivity index (χ1n) is 6.18. The van der Waals surface area contributed by atoms with Crippen molar-refractivity contribution in [2.45, 2.75) is 52.7 Å². The van der Waals surface area contributed by atoms with Crippen molar-refractivity contribution in [3.63, 3.8) is 0 Å². The van der Waals surface area contributed by atoms with E-state index < -0.39 is 42.4 Å². The topological polar surface area (TPSA) is 72.9 Å². The number of halogens is 1. The van der Waals surface area contributed by atoms with Gasteiger partial charge in [0.15, 0.2) is 0 Å². The molecule has 6 nitrogen and oxygen atoms in total. The highest BCUT2D eigenvalue weighted by Gasteiger charge is 2.26. The van der Waals surface area contributed by atoms with Crippen molar-refractivity contribution in [1.82, 2.24) is 4.90 Å². The van der Waals surface area contributed by atoms with Crippen LogP contribution in [0.4, 0.5) is 9.18 Å². The molecule has 0 radical (unpaired) electrons. The Kier molecular flexibility index (Phi) is 6.12. The lowest BCUT2D eigenvalue weighted by atomic mass is 10.2. The van der Waals surface area contributed by atoms with Gasteiger partial charge in [-0.05, 0) is 41.5 Å². The van der Waals surface area contributed by atoms with Crippen LogP contribution in [0.25, 0.3) is 0 Å². The van der Waals surface area contributed by atoms with Crippen molar-refractivity contribution in [2.75, 3.05) is 13.1 Å². The lowest BCUT2D eigenvalue weighted by Gasteiger charge is -2.24. The molecule has 0 aromatic rings. The molecule has 0 aliphatic carbocycles. The molecule has 0 heterocycles. The third kappa shape index (κ3) is 9.29. The van der Waals surface area contributed by atoms with Crippen molar-refractivity contribution >= 4 is 18.1 Å². The Labute approximate surface area is 118 Å². The van der Waals surface area contributed by atoms with Crippen molar-refractivity contribution in [3.8, 4) is 0 Å². The fourth-order valence-corrected chi connectivity index (χ4v) is 1.24. The van der Waals surface area contributed by atoms with Crippen LogP contribution in [0, 0.1) is 0 Å². The zero-order valence-electron chi connectivity index (χ0n) is 12.8. The molecule has 0 bridgehead atoms. The number of hydrogen-bond acceptors (Lipinski definition) is 5. The number of esters is 2. The van der Waals surface area contributed by atoms with Gasteiger partial charge in [-0.3, -0.25) is 14.5 Å². The predicted octanol–water partition coefficient (Wildman–Crippen LogP) is 2.06. The summed E-state index contributed by atoms with van der Waals surface area (Å²) in [6.45, 7) is 8.54. The lowest BCUT2D eigenvalue weighted by Crippen LogP contribution is -2.41. The summed E-state index contributed by atoms with van der Waals surface area (Å²) in [6.07, 6.45) is -1.89. The highest BCUT2D eigenvalue weighted by atomic mass is 19.1. The smallest absolute Gasteiger partial charge is 0.401 e. The molecule has 0 spiro atoms. The maximum absolute atomic E-state index is 12.8. The molecule has 0 aliphatic rings. The van der Waals surface area contributed by atoms with E-state index in [1.165, 1.54) is 0 Å². The monoisotopic (exact) mass is 291 g/mol. The van der Waals surface area contributed by atoms with Gasteiger partial charge in [-0.25, -0.2) is 4.79 Å². The highest BCUT2D eigenvalue weighted by molar-refractivity contribution is 5.82. The summed E-state index contributed by atoms with van der Waals surface area (Å²) in [4.78, 5) is 34.2. The number of carbonyl (C=O) groups is 3. The van der Waals surface area contributed by atoms with Crippen LogP contribution in [-0.4, -0.2) is 47.3 Å². The Morgan fingerprint density at radius 1 is 0.850 bits per heavy atom. The van der Waals surface area contributed by atoms with E-state index in [0.29, 0.717) is 4.90 Å². The number of amides is 1. The summed E-state index contributed by atoms with van der Waals surface area (Å²) in [6, 6.07) is 0. The van der Waals surface area contributed by atoms with Crippen molar-refractivity contribution in [1.29, 1.82) is 0 Å². The largest absolute Gasteiger partial charge is 0.459 e. The standard InChI is InChI=1S/C13H22FNO5/c1-12(2,3)19-9(16)7-15(11(14)18)8-10(17)20-13(4,5)6/h7-8H2,1-6H3. The van der Waals surface area contributed by atoms with Gasteiger partial charge in [-0.2, -0.15) is 0 Å². The molecule has 0 aromatic heterocycles. The van der Waals surface area contributed by atoms with Gasteiger partial charge in [0, 0.05) is 0 Å². The number of rotatable bonds is 4. The molecule has 0 rings (SSSR count). The van der Waals surface area contributed by atoms with Crippen LogP contribution in [0.5, 0.6) is 0 Å². The Balaban J connectivity index is 4.56. The van der Waals surface area contributed by atoms with Gasteiger partial charge < -0.3 is 9.47 Å². The SMILES string of the molecule is CC(C)(C)OC(=O)CN(CC(=O)OC(C)(C)C)C(=O)F. The maximum Gasteiger partial charge on any atom is 0.401 e. The molecular formula is C13H22FNO5. The summed E-state index contributed by atoms with van der Waals surface area (Å²) in [7, 11) is 0. The number of carbonyl (C=O) groups excluding carboxylic acids is 3. The molecule has 0 aromatic carbocycles. The molecule has 0 aliphatic heterocycles. The molecule has 7 heteroatoms. The van der Waals surface area contributed by atoms with Gasteiger partial charge in [0.05, 0.1) is 0 Å². The Morgan fingerprint density at radius 3 is 1.35 bits per heavy atom. The van der Waals surface area contributed by atoms with Crippen LogP contribution >= 0.6 is 0 Å². The Bertz CT molecular complexity index is 351. The summed E-state index contributed by atoms with van der Waals surface area (Å²) in [5.74, 6) is -1.60. The van der Waals surface area contributed by atoms with Crippen LogP contribution in [-0.2, 0) is 19.1 Å². The number of ether oxygens (including phenoxy) is 2. The van der Waals surface area contributed by atoms with Crippen molar-refractivity contribution in [2.24, 2.45) is 0 Å². The Morgan fingerprint density at radius 2 is 1.15 bits per heavy atom. The van der Waals surface area contributed by atoms with E-state index in [1.807, 2.05) is 0 Å². The minimum absolute atomic E-state index is 0.433. The molecule has 20 heavy (non-hydrogen) atoms. The second kappa shape index (κ2) is 6.67. The fraction of sp³-hybridized carbons (Fsp3) is 0.769. The second-order valence-electron chi connectivity index (χ2n) is 6.28. The third-order valence-corrected chi connectivity index (χ3v) is 1.73. The molecule has 0 unspecified atom stereocenters. The van der Waals surface area contributed by atoms with E-state index in [2.05, 4.69) is 0 Å². The van der Waals surface area contributed by atoms with Crippen LogP contribution in [0.2, 0.25) is 0 Å². The molecular weight excluding hydrogens is 269 g/mol. The molecule has 0 fully saturated rings. The van der Waals surface area contributed by atoms with Crippen LogP contribution in [0.1, 0.15) is 41.5 Å². The first kappa shape index (κ1) is 18.3. The summed E-state index contributed by atoms with van der Waals surface area (Å²) in [5, 5.41) is 0. The number of nitrogens with zero attached hydrogens (tertiary/aromatic N) is 1. The van der Waals surface area contributed by atoms with Crippen LogP contribution in [0.15, 0.2) is 0 Å². The zero-order chi connectivity index (χ0) is 16.1. The minimum Gasteiger partial charge on any atom is -0.459 e. The van der Waals surface area contributed by atoms with Gasteiger partial charge >= 0.3 is 18.1 Å². The molecule has 1 amide bonds. The maximum atomic E-state index is 12.8. The van der Waals surface area contributed by atoms with Gasteiger partial charge in [-0.1, -0.05) is 0 Å². The van der Waals surface area contributed by atoms with Crippen LogP contribution < -0.4 is 0 Å². The van der Waals surface area contributed by atoms with Gasteiger partial charge in [0.2, 0.25) is 0 Å². The molecule has 0 N–H and O–H groups in total. The van der Waals surface area contributed by atoms with Gasteiger partial charge in [-0.15, -0.1) is 4.39 Å². The summed E-state index contributed by atoms with van der Waals surface area (Å²) >= 11 is 0. The summed E-state index contributed by atoms with van der Waals surface area (Å²) < 4.78 is 22.7. The van der Waals surface area contributed by atoms with E-state index in [1.54, 1.807) is 41.5 Å². The van der Waals surface area contributed by atoms with E-state index in [-0.39, 0.29) is 0 Å². The van der Waals surface area contributed by atoms with E-state index in [4.69, 9.17) is 9.47 Å². The molecule has 116 valence electrons. The van der Waals surface area contributed by atoms with Crippen molar-refractivity contribution in [3.05, 3.63) is 0 Å². The lowest BCUT2D eigenvalue weighted by molar-refractivity contribution is -0.158. The van der Waals surface area contributed by atoms with Gasteiger partial charge in [0.1, 0.15) is 24.3 Å². The molecule has 0 saturated carbocycles. The first-order valence-corrected chi connectivity index (χ1v) is 6.18. The first-order chi connectivity index (χ1) is 8.80. The third-order valence-electron chi connectivity index (χ3n) is 1.73. The quantitative estimate of drug-likeness (QED) is 0.450. The second-order valence-corrected chi connectivity index (χ2v) is 6.28. The summed E-state index contributed by atoms with van der Waals surface area (Å²) in [5.41, 5.74) is -1.51. The Hall–Kier alpha value is -1.66. The van der Waals surface area contributed by atoms with E-state index in [9.17, 15) is 18.8 Å². The van der Waals surface area contributed by atoms with Crippen LogP contribution in [0.3, 0.4) is 0 Å². The molecule has 0 atom stereocenters. The predicted molar refractivity (Wildman–Crippen MR) is 69.8 cm³/mol. The zero-order valence-corrected chi connectivity index (χ0v) is 12.8. The normalized spacial score (nSPS) is 11.8. The van der Waals surface area contributed by atoms with E-state index >= 15 is 0 Å². The fourth-order valence-electron chi connectivity index (χ4n) is 1.24. The average molecular weight is 291 g/mol. The highest BCUT2D eigenvalue weighted by Crippen LogP contribution is 2.10. The van der Waals surface area contributed by atoms with Gasteiger partial charge in [0.25, 0.3) is 0 Å². The van der Waals surface area contributed by atoms with Crippen molar-refractivity contribution < 1.29 is 28.2 Å². The minimum atomic E-state index is -1.89. The average Bonchev–Trinajstić information content (AvgIpc) is 2.09. The number of hydrogen-bond donors (Lipinski definition) is 0.